The van der Waals surface area contributed by atoms with Gasteiger partial charge in [0.05, 0.1) is 7.11 Å². The zero-order chi connectivity index (χ0) is 18.8. The van der Waals surface area contributed by atoms with Gasteiger partial charge in [0.25, 0.3) is 0 Å². The highest BCUT2D eigenvalue weighted by Gasteiger charge is 2.11. The van der Waals surface area contributed by atoms with Gasteiger partial charge in [-0.25, -0.2) is 0 Å². The number of hydrogen-bond donors (Lipinski definition) is 0. The number of carbonyl (C=O) groups excluding carboxylic acids is 1. The second-order valence-electron chi connectivity index (χ2n) is 5.88. The molecular weight excluding hydrogens is 344 g/mol. The molecule has 0 saturated heterocycles. The van der Waals surface area contributed by atoms with Gasteiger partial charge in [0, 0.05) is 17.2 Å². The molecule has 2 aromatic carbocycles. The van der Waals surface area contributed by atoms with E-state index in [9.17, 15) is 4.79 Å². The number of Topliss-reactive ketones (excluding diaryl/α,β-unsaturated/α-hetero) is 1. The molecular formula is C20H16N4O3. The van der Waals surface area contributed by atoms with Crippen molar-refractivity contribution in [3.8, 4) is 28.8 Å². The molecule has 0 atom stereocenters. The SMILES string of the molecule is COc1ccc(-c2nnc3ccc(Oc4cccc(C(C)=O)c4)nn23)cc1. The Kier molecular flexibility index (Phi) is 4.25. The van der Waals surface area contributed by atoms with E-state index < -0.39 is 0 Å². The van der Waals surface area contributed by atoms with Crippen LogP contribution in [0.2, 0.25) is 0 Å². The van der Waals surface area contributed by atoms with Gasteiger partial charge < -0.3 is 9.47 Å². The van der Waals surface area contributed by atoms with Crippen molar-refractivity contribution in [2.75, 3.05) is 7.11 Å². The molecule has 2 heterocycles. The Morgan fingerprint density at radius 1 is 0.963 bits per heavy atom. The Morgan fingerprint density at radius 2 is 1.78 bits per heavy atom. The summed E-state index contributed by atoms with van der Waals surface area (Å²) in [6.45, 7) is 1.52. The second kappa shape index (κ2) is 6.87. The standard InChI is InChI=1S/C20H16N4O3/c1-13(25)15-4-3-5-17(12-15)27-19-11-10-18-21-22-20(24(18)23-19)14-6-8-16(26-2)9-7-14/h3-12H,1-2H3. The van der Waals surface area contributed by atoms with E-state index in [4.69, 9.17) is 9.47 Å². The van der Waals surface area contributed by atoms with Crippen LogP contribution in [-0.4, -0.2) is 32.7 Å². The van der Waals surface area contributed by atoms with Crippen molar-refractivity contribution >= 4 is 11.4 Å². The number of ketones is 1. The highest BCUT2D eigenvalue weighted by atomic mass is 16.5. The minimum absolute atomic E-state index is 0.0236. The van der Waals surface area contributed by atoms with Crippen molar-refractivity contribution in [1.29, 1.82) is 0 Å². The maximum atomic E-state index is 11.5. The number of aromatic nitrogens is 4. The van der Waals surface area contributed by atoms with Crippen molar-refractivity contribution in [2.45, 2.75) is 6.92 Å². The molecule has 4 aromatic rings. The van der Waals surface area contributed by atoms with Gasteiger partial charge in [-0.15, -0.1) is 15.3 Å². The Hall–Kier alpha value is -3.74. The molecule has 0 aliphatic rings. The van der Waals surface area contributed by atoms with Gasteiger partial charge in [0.15, 0.2) is 17.3 Å². The summed E-state index contributed by atoms with van der Waals surface area (Å²) < 4.78 is 12.6. The average Bonchev–Trinajstić information content (AvgIpc) is 3.11. The molecule has 0 bridgehead atoms. The normalized spacial score (nSPS) is 10.7. The highest BCUT2D eigenvalue weighted by molar-refractivity contribution is 5.94. The largest absolute Gasteiger partial charge is 0.497 e. The Labute approximate surface area is 155 Å². The van der Waals surface area contributed by atoms with Crippen LogP contribution in [0.25, 0.3) is 17.0 Å². The van der Waals surface area contributed by atoms with Gasteiger partial charge in [-0.05, 0) is 49.4 Å². The molecule has 0 N–H and O–H groups in total. The Bertz CT molecular complexity index is 1120. The van der Waals surface area contributed by atoms with Crippen LogP contribution in [-0.2, 0) is 0 Å². The molecule has 0 saturated carbocycles. The second-order valence-corrected chi connectivity index (χ2v) is 5.88. The molecule has 0 aliphatic carbocycles. The van der Waals surface area contributed by atoms with E-state index in [1.54, 1.807) is 48.0 Å². The summed E-state index contributed by atoms with van der Waals surface area (Å²) in [5, 5.41) is 12.8. The predicted molar refractivity (Wildman–Crippen MR) is 99.3 cm³/mol. The summed E-state index contributed by atoms with van der Waals surface area (Å²) in [5.41, 5.74) is 2.04. The lowest BCUT2D eigenvalue weighted by molar-refractivity contribution is 0.101. The first-order chi connectivity index (χ1) is 13.1. The van der Waals surface area contributed by atoms with Crippen LogP contribution in [0, 0.1) is 0 Å². The molecule has 7 nitrogen and oxygen atoms in total. The van der Waals surface area contributed by atoms with E-state index in [0.717, 1.165) is 11.3 Å². The van der Waals surface area contributed by atoms with Crippen molar-refractivity contribution in [2.24, 2.45) is 0 Å². The summed E-state index contributed by atoms with van der Waals surface area (Å²) in [6.07, 6.45) is 0. The smallest absolute Gasteiger partial charge is 0.237 e. The molecule has 0 fully saturated rings. The number of rotatable bonds is 5. The van der Waals surface area contributed by atoms with Gasteiger partial charge in [-0.2, -0.15) is 4.52 Å². The van der Waals surface area contributed by atoms with Crippen molar-refractivity contribution in [3.05, 3.63) is 66.2 Å². The fourth-order valence-electron chi connectivity index (χ4n) is 2.65. The van der Waals surface area contributed by atoms with Gasteiger partial charge in [-0.3, -0.25) is 4.79 Å². The monoisotopic (exact) mass is 360 g/mol. The molecule has 2 aromatic heterocycles. The number of hydrogen-bond acceptors (Lipinski definition) is 6. The zero-order valence-corrected chi connectivity index (χ0v) is 14.8. The summed E-state index contributed by atoms with van der Waals surface area (Å²) in [4.78, 5) is 11.5. The van der Waals surface area contributed by atoms with Gasteiger partial charge in [-0.1, -0.05) is 12.1 Å². The molecule has 134 valence electrons. The Morgan fingerprint density at radius 3 is 2.52 bits per heavy atom. The van der Waals surface area contributed by atoms with Gasteiger partial charge in [0.1, 0.15) is 11.5 Å². The molecule has 0 radical (unpaired) electrons. The first kappa shape index (κ1) is 16.7. The lowest BCUT2D eigenvalue weighted by atomic mass is 10.1. The van der Waals surface area contributed by atoms with Crippen molar-refractivity contribution in [1.82, 2.24) is 19.8 Å². The van der Waals surface area contributed by atoms with Crippen LogP contribution in [0.4, 0.5) is 0 Å². The number of nitrogens with zero attached hydrogens (tertiary/aromatic N) is 4. The minimum Gasteiger partial charge on any atom is -0.497 e. The molecule has 0 spiro atoms. The first-order valence-corrected chi connectivity index (χ1v) is 8.30. The molecule has 0 unspecified atom stereocenters. The van der Waals surface area contributed by atoms with Gasteiger partial charge in [0.2, 0.25) is 5.88 Å². The van der Waals surface area contributed by atoms with E-state index >= 15 is 0 Å². The number of benzene rings is 2. The van der Waals surface area contributed by atoms with Crippen LogP contribution in [0.5, 0.6) is 17.4 Å². The fraction of sp³-hybridized carbons (Fsp3) is 0.100. The predicted octanol–water partition coefficient (Wildman–Crippen LogP) is 3.79. The van der Waals surface area contributed by atoms with E-state index in [1.807, 2.05) is 24.3 Å². The number of ether oxygens (including phenoxy) is 2. The van der Waals surface area contributed by atoms with E-state index in [0.29, 0.717) is 28.7 Å². The van der Waals surface area contributed by atoms with Crippen LogP contribution in [0.3, 0.4) is 0 Å². The van der Waals surface area contributed by atoms with Crippen molar-refractivity contribution in [3.63, 3.8) is 0 Å². The molecule has 7 heteroatoms. The van der Waals surface area contributed by atoms with Crippen molar-refractivity contribution < 1.29 is 14.3 Å². The zero-order valence-electron chi connectivity index (χ0n) is 14.8. The van der Waals surface area contributed by atoms with Crippen LogP contribution >= 0.6 is 0 Å². The van der Waals surface area contributed by atoms with E-state index in [2.05, 4.69) is 15.3 Å². The summed E-state index contributed by atoms with van der Waals surface area (Å²) in [7, 11) is 1.62. The Balaban J connectivity index is 1.69. The van der Waals surface area contributed by atoms with Crippen LogP contribution in [0.15, 0.2) is 60.7 Å². The molecule has 4 rings (SSSR count). The third kappa shape index (κ3) is 3.35. The minimum atomic E-state index is -0.0236. The maximum absolute atomic E-state index is 11.5. The number of methoxy groups -OCH3 is 1. The average molecular weight is 360 g/mol. The fourth-order valence-corrected chi connectivity index (χ4v) is 2.65. The summed E-state index contributed by atoms with van der Waals surface area (Å²) in [5.74, 6) is 2.24. The third-order valence-corrected chi connectivity index (χ3v) is 4.05. The van der Waals surface area contributed by atoms with E-state index in [-0.39, 0.29) is 5.78 Å². The highest BCUT2D eigenvalue weighted by Crippen LogP contribution is 2.24. The number of fused-ring (bicyclic) bond motifs is 1. The first-order valence-electron chi connectivity index (χ1n) is 8.30. The lowest BCUT2D eigenvalue weighted by Gasteiger charge is -2.07. The third-order valence-electron chi connectivity index (χ3n) is 4.05. The van der Waals surface area contributed by atoms with Gasteiger partial charge >= 0.3 is 0 Å². The van der Waals surface area contributed by atoms with Crippen LogP contribution < -0.4 is 9.47 Å². The topological polar surface area (TPSA) is 78.6 Å². The maximum Gasteiger partial charge on any atom is 0.237 e. The molecule has 0 aliphatic heterocycles. The van der Waals surface area contributed by atoms with Crippen LogP contribution in [0.1, 0.15) is 17.3 Å². The lowest BCUT2D eigenvalue weighted by Crippen LogP contribution is -1.98. The van der Waals surface area contributed by atoms with E-state index in [1.165, 1.54) is 6.92 Å². The quantitative estimate of drug-likeness (QED) is 0.504. The molecule has 0 amide bonds. The summed E-state index contributed by atoms with van der Waals surface area (Å²) in [6, 6.07) is 17.9. The molecule has 27 heavy (non-hydrogen) atoms. The summed E-state index contributed by atoms with van der Waals surface area (Å²) >= 11 is 0. The number of carbonyl (C=O) groups is 1.